The quantitative estimate of drug-likeness (QED) is 0.651. The summed E-state index contributed by atoms with van der Waals surface area (Å²) in [6.45, 7) is 5.14. The van der Waals surface area contributed by atoms with Crippen LogP contribution in [0, 0.1) is 18.3 Å². The Morgan fingerprint density at radius 2 is 2.28 bits per heavy atom. The summed E-state index contributed by atoms with van der Waals surface area (Å²) >= 11 is 0. The first kappa shape index (κ1) is 20.8. The molecule has 8 nitrogen and oxygen atoms in total. The zero-order valence-corrected chi connectivity index (χ0v) is 16.7. The van der Waals surface area contributed by atoms with E-state index in [0.29, 0.717) is 53.8 Å². The van der Waals surface area contributed by atoms with Crippen molar-refractivity contribution >= 4 is 17.5 Å². The third-order valence-corrected chi connectivity index (χ3v) is 4.87. The molecule has 1 saturated heterocycles. The molecular weight excluding hydrogens is 375 g/mol. The minimum Gasteiger partial charge on any atom is -0.495 e. The lowest BCUT2D eigenvalue weighted by atomic mass is 10.0. The smallest absolute Gasteiger partial charge is 0.229 e. The van der Waals surface area contributed by atoms with Gasteiger partial charge in [-0.05, 0) is 38.0 Å². The van der Waals surface area contributed by atoms with Crippen LogP contribution in [0.2, 0.25) is 0 Å². The fourth-order valence-corrected chi connectivity index (χ4v) is 3.36. The number of nitrogens with zero attached hydrogens (tertiary/aromatic N) is 4. The van der Waals surface area contributed by atoms with Gasteiger partial charge in [0.2, 0.25) is 5.95 Å². The number of nitrogens with one attached hydrogen (secondary N) is 2. The first-order valence-corrected chi connectivity index (χ1v) is 9.49. The molecule has 29 heavy (non-hydrogen) atoms. The monoisotopic (exact) mass is 400 g/mol. The van der Waals surface area contributed by atoms with E-state index in [1.165, 1.54) is 13.3 Å². The number of aliphatic hydroxyl groups excluding tert-OH is 1. The van der Waals surface area contributed by atoms with Crippen molar-refractivity contribution in [3.05, 3.63) is 35.0 Å². The highest BCUT2D eigenvalue weighted by Crippen LogP contribution is 2.35. The molecule has 0 aliphatic carbocycles. The van der Waals surface area contributed by atoms with Crippen molar-refractivity contribution in [2.24, 2.45) is 0 Å². The summed E-state index contributed by atoms with van der Waals surface area (Å²) in [5.74, 6) is 1.26. The van der Waals surface area contributed by atoms with E-state index in [2.05, 4.69) is 26.7 Å². The molecule has 154 valence electrons. The SMILES string of the molecule is CCNc1nc(Nc2cc(C)c(C(O)N3CC[C@H](F)C3)cc2OC)ncc1C#N. The maximum Gasteiger partial charge on any atom is 0.229 e. The number of rotatable bonds is 7. The molecule has 2 aromatic rings. The van der Waals surface area contributed by atoms with Gasteiger partial charge >= 0.3 is 0 Å². The number of methoxy groups -OCH3 is 1. The van der Waals surface area contributed by atoms with Gasteiger partial charge < -0.3 is 20.5 Å². The van der Waals surface area contributed by atoms with Crippen LogP contribution in [0.25, 0.3) is 0 Å². The highest BCUT2D eigenvalue weighted by molar-refractivity contribution is 5.66. The molecule has 1 aliphatic rings. The molecule has 3 rings (SSSR count). The molecule has 1 aromatic carbocycles. The molecule has 2 atom stereocenters. The zero-order valence-electron chi connectivity index (χ0n) is 16.7. The zero-order chi connectivity index (χ0) is 21.0. The van der Waals surface area contributed by atoms with E-state index in [9.17, 15) is 14.8 Å². The topological polar surface area (TPSA) is 106 Å². The van der Waals surface area contributed by atoms with Gasteiger partial charge in [0.25, 0.3) is 0 Å². The predicted octanol–water partition coefficient (Wildman–Crippen LogP) is 2.88. The minimum atomic E-state index is -0.910. The summed E-state index contributed by atoms with van der Waals surface area (Å²) in [6, 6.07) is 5.62. The third-order valence-electron chi connectivity index (χ3n) is 4.87. The summed E-state index contributed by atoms with van der Waals surface area (Å²) in [7, 11) is 1.53. The number of nitriles is 1. The van der Waals surface area contributed by atoms with Crippen LogP contribution in [0.1, 0.15) is 36.3 Å². The average molecular weight is 400 g/mol. The van der Waals surface area contributed by atoms with E-state index in [-0.39, 0.29) is 6.54 Å². The number of ether oxygens (including phenoxy) is 1. The van der Waals surface area contributed by atoms with Gasteiger partial charge in [-0.3, -0.25) is 4.90 Å². The number of likely N-dealkylation sites (tertiary alicyclic amines) is 1. The second-order valence-corrected chi connectivity index (χ2v) is 6.89. The summed E-state index contributed by atoms with van der Waals surface area (Å²) in [5.41, 5.74) is 2.47. The predicted molar refractivity (Wildman–Crippen MR) is 108 cm³/mol. The molecule has 0 radical (unpaired) electrons. The molecule has 1 unspecified atom stereocenters. The summed E-state index contributed by atoms with van der Waals surface area (Å²) in [6.07, 6.45) is 0.0697. The Morgan fingerprint density at radius 1 is 1.48 bits per heavy atom. The van der Waals surface area contributed by atoms with Crippen LogP contribution in [0.15, 0.2) is 18.3 Å². The van der Waals surface area contributed by atoms with Crippen LogP contribution in [-0.2, 0) is 0 Å². The number of alkyl halides is 1. The molecule has 0 bridgehead atoms. The summed E-state index contributed by atoms with van der Waals surface area (Å²) in [4.78, 5) is 10.2. The van der Waals surface area contributed by atoms with E-state index < -0.39 is 12.4 Å². The van der Waals surface area contributed by atoms with Crippen LogP contribution in [-0.4, -0.2) is 52.9 Å². The lowest BCUT2D eigenvalue weighted by Crippen LogP contribution is -2.27. The first-order valence-electron chi connectivity index (χ1n) is 9.49. The van der Waals surface area contributed by atoms with Gasteiger partial charge in [-0.15, -0.1) is 0 Å². The second kappa shape index (κ2) is 9.03. The average Bonchev–Trinajstić information content (AvgIpc) is 3.14. The Labute approximate surface area is 169 Å². The standard InChI is InChI=1S/C20H25FN6O2/c1-4-23-18-13(9-22)10-24-20(26-18)25-16-7-12(2)15(8-17(16)29-3)19(28)27-6-5-14(21)11-27/h7-8,10,14,19,28H,4-6,11H2,1-3H3,(H2,23,24,25,26)/t14-,19?/m0/s1. The van der Waals surface area contributed by atoms with Crippen molar-refractivity contribution in [3.63, 3.8) is 0 Å². The van der Waals surface area contributed by atoms with Crippen molar-refractivity contribution in [2.45, 2.75) is 32.7 Å². The fourth-order valence-electron chi connectivity index (χ4n) is 3.36. The first-order chi connectivity index (χ1) is 14.0. The lowest BCUT2D eigenvalue weighted by Gasteiger charge is -2.25. The van der Waals surface area contributed by atoms with Crippen molar-refractivity contribution < 1.29 is 14.2 Å². The van der Waals surface area contributed by atoms with E-state index in [4.69, 9.17) is 4.74 Å². The summed E-state index contributed by atoms with van der Waals surface area (Å²) < 4.78 is 19.0. The van der Waals surface area contributed by atoms with Crippen LogP contribution in [0.4, 0.5) is 21.8 Å². The number of aryl methyl sites for hydroxylation is 1. The Morgan fingerprint density at radius 3 is 2.90 bits per heavy atom. The number of aliphatic hydroxyl groups is 1. The van der Waals surface area contributed by atoms with Crippen molar-refractivity contribution in [1.82, 2.24) is 14.9 Å². The van der Waals surface area contributed by atoms with E-state index >= 15 is 0 Å². The maximum absolute atomic E-state index is 13.5. The molecule has 1 fully saturated rings. The lowest BCUT2D eigenvalue weighted by molar-refractivity contribution is 0.0144. The molecular formula is C20H25FN6O2. The van der Waals surface area contributed by atoms with Gasteiger partial charge in [0.05, 0.1) is 19.0 Å². The van der Waals surface area contributed by atoms with Gasteiger partial charge in [0.15, 0.2) is 0 Å². The molecule has 0 spiro atoms. The van der Waals surface area contributed by atoms with Crippen molar-refractivity contribution in [2.75, 3.05) is 37.4 Å². The van der Waals surface area contributed by atoms with Gasteiger partial charge in [0.1, 0.15) is 35.6 Å². The molecule has 0 amide bonds. The normalized spacial score (nSPS) is 17.6. The Hall–Kier alpha value is -2.96. The Balaban J connectivity index is 1.88. The Bertz CT molecular complexity index is 917. The van der Waals surface area contributed by atoms with Crippen LogP contribution in [0.3, 0.4) is 0 Å². The summed E-state index contributed by atoms with van der Waals surface area (Å²) in [5, 5.41) is 26.0. The molecule has 0 saturated carbocycles. The van der Waals surface area contributed by atoms with Gasteiger partial charge in [0, 0.05) is 25.2 Å². The molecule has 9 heteroatoms. The third kappa shape index (κ3) is 4.55. The molecule has 1 aliphatic heterocycles. The second-order valence-electron chi connectivity index (χ2n) is 6.89. The van der Waals surface area contributed by atoms with Gasteiger partial charge in [-0.2, -0.15) is 10.2 Å². The van der Waals surface area contributed by atoms with E-state index in [1.807, 2.05) is 19.9 Å². The highest BCUT2D eigenvalue weighted by Gasteiger charge is 2.29. The number of hydrogen-bond donors (Lipinski definition) is 3. The van der Waals surface area contributed by atoms with Crippen LogP contribution < -0.4 is 15.4 Å². The number of aromatic nitrogens is 2. The molecule has 1 aromatic heterocycles. The van der Waals surface area contributed by atoms with Gasteiger partial charge in [-0.1, -0.05) is 0 Å². The number of halogens is 1. The van der Waals surface area contributed by atoms with E-state index in [0.717, 1.165) is 5.56 Å². The van der Waals surface area contributed by atoms with Crippen molar-refractivity contribution in [3.8, 4) is 11.8 Å². The number of benzene rings is 1. The van der Waals surface area contributed by atoms with Crippen LogP contribution in [0.5, 0.6) is 5.75 Å². The van der Waals surface area contributed by atoms with Crippen LogP contribution >= 0.6 is 0 Å². The van der Waals surface area contributed by atoms with Gasteiger partial charge in [-0.25, -0.2) is 9.37 Å². The van der Waals surface area contributed by atoms with Crippen molar-refractivity contribution in [1.29, 1.82) is 5.26 Å². The fraction of sp³-hybridized carbons (Fsp3) is 0.450. The number of anilines is 3. The maximum atomic E-state index is 13.5. The largest absolute Gasteiger partial charge is 0.495 e. The van der Waals surface area contributed by atoms with E-state index in [1.54, 1.807) is 11.0 Å². The molecule has 2 heterocycles. The Kier molecular flexibility index (Phi) is 6.46. The highest BCUT2D eigenvalue weighted by atomic mass is 19.1. The molecule has 3 N–H and O–H groups in total. The number of hydrogen-bond acceptors (Lipinski definition) is 8. The minimum absolute atomic E-state index is 0.217.